The summed E-state index contributed by atoms with van der Waals surface area (Å²) in [5.41, 5.74) is 2.97. The summed E-state index contributed by atoms with van der Waals surface area (Å²) in [4.78, 5) is 34.2. The van der Waals surface area contributed by atoms with Gasteiger partial charge in [-0.2, -0.15) is 5.10 Å². The van der Waals surface area contributed by atoms with Crippen molar-refractivity contribution in [3.8, 4) is 11.3 Å². The van der Waals surface area contributed by atoms with Crippen molar-refractivity contribution in [3.63, 3.8) is 0 Å². The second-order valence-electron chi connectivity index (χ2n) is 7.40. The van der Waals surface area contributed by atoms with Gasteiger partial charge >= 0.3 is 0 Å². The molecule has 31 heavy (non-hydrogen) atoms. The first-order chi connectivity index (χ1) is 15.1. The highest BCUT2D eigenvalue weighted by molar-refractivity contribution is 5.94. The number of aryl methyl sites for hydroxylation is 1. The minimum atomic E-state index is -0.424. The largest absolute Gasteiger partial charge is 0.377 e. The number of nitrogens with one attached hydrogen (secondary N) is 1. The summed E-state index contributed by atoms with van der Waals surface area (Å²) in [5, 5.41) is 7.54. The van der Waals surface area contributed by atoms with Gasteiger partial charge in [-0.05, 0) is 37.3 Å². The maximum Gasteiger partial charge on any atom is 0.270 e. The summed E-state index contributed by atoms with van der Waals surface area (Å²) in [5.74, 6) is -0.270. The predicted molar refractivity (Wildman–Crippen MR) is 113 cm³/mol. The van der Waals surface area contributed by atoms with Gasteiger partial charge < -0.3 is 10.1 Å². The van der Waals surface area contributed by atoms with Crippen molar-refractivity contribution >= 4 is 11.6 Å². The molecule has 9 nitrogen and oxygen atoms in total. The molecular formula is C22H20N6O3. The number of ether oxygens (including phenoxy) is 1. The first kappa shape index (κ1) is 19.1. The molecule has 0 bridgehead atoms. The van der Waals surface area contributed by atoms with E-state index >= 15 is 0 Å². The van der Waals surface area contributed by atoms with Crippen LogP contribution >= 0.6 is 0 Å². The molecule has 4 aromatic heterocycles. The summed E-state index contributed by atoms with van der Waals surface area (Å²) in [6, 6.07) is 11.6. The molecule has 1 amide bonds. The standard InChI is InChI=1S/C22H20N6O3/c1-14-21(27-10-3-2-6-19(27)24-14)22(30)25-17-12-31-13-18(17)28-20(29)8-7-16(26-28)15-5-4-9-23-11-15/h2-11,17-18H,12-13H2,1H3,(H,25,30). The van der Waals surface area contributed by atoms with Gasteiger partial charge in [0, 0.05) is 30.2 Å². The van der Waals surface area contributed by atoms with Crippen LogP contribution in [-0.4, -0.2) is 49.3 Å². The summed E-state index contributed by atoms with van der Waals surface area (Å²) in [6.07, 6.45) is 5.17. The zero-order chi connectivity index (χ0) is 21.4. The molecule has 4 aromatic rings. The average molecular weight is 416 g/mol. The van der Waals surface area contributed by atoms with Crippen LogP contribution in [0.2, 0.25) is 0 Å². The molecule has 0 aromatic carbocycles. The highest BCUT2D eigenvalue weighted by atomic mass is 16.5. The summed E-state index contributed by atoms with van der Waals surface area (Å²) in [7, 11) is 0. The monoisotopic (exact) mass is 416 g/mol. The number of aromatic nitrogens is 5. The Morgan fingerprint density at radius 2 is 2.06 bits per heavy atom. The Hall–Kier alpha value is -3.85. The van der Waals surface area contributed by atoms with E-state index in [1.165, 1.54) is 10.7 Å². The summed E-state index contributed by atoms with van der Waals surface area (Å²) in [6.45, 7) is 2.37. The molecule has 9 heteroatoms. The number of amides is 1. The van der Waals surface area contributed by atoms with E-state index in [1.807, 2.05) is 30.3 Å². The summed E-state index contributed by atoms with van der Waals surface area (Å²) < 4.78 is 8.75. The van der Waals surface area contributed by atoms with Crippen molar-refractivity contribution in [2.24, 2.45) is 0 Å². The average Bonchev–Trinajstić information content (AvgIpc) is 3.37. The first-order valence-electron chi connectivity index (χ1n) is 9.94. The molecule has 1 N–H and O–H groups in total. The van der Waals surface area contributed by atoms with Crippen LogP contribution in [0.1, 0.15) is 22.2 Å². The van der Waals surface area contributed by atoms with Gasteiger partial charge in [-0.3, -0.25) is 19.0 Å². The molecule has 5 rings (SSSR count). The molecule has 5 heterocycles. The second-order valence-corrected chi connectivity index (χ2v) is 7.40. The molecule has 0 aliphatic carbocycles. The second kappa shape index (κ2) is 7.77. The first-order valence-corrected chi connectivity index (χ1v) is 9.94. The number of rotatable bonds is 4. The lowest BCUT2D eigenvalue weighted by atomic mass is 10.1. The molecule has 2 atom stereocenters. The number of nitrogens with zero attached hydrogens (tertiary/aromatic N) is 5. The van der Waals surface area contributed by atoms with Crippen molar-refractivity contribution in [2.45, 2.75) is 19.0 Å². The molecule has 0 spiro atoms. The molecule has 0 radical (unpaired) electrons. The third kappa shape index (κ3) is 3.49. The van der Waals surface area contributed by atoms with Crippen molar-refractivity contribution in [3.05, 3.63) is 82.8 Å². The minimum Gasteiger partial charge on any atom is -0.377 e. The van der Waals surface area contributed by atoms with Crippen LogP contribution in [0.25, 0.3) is 16.9 Å². The Bertz CT molecular complexity index is 1310. The number of carbonyl (C=O) groups excluding carboxylic acids is 1. The molecule has 2 unspecified atom stereocenters. The molecular weight excluding hydrogens is 396 g/mol. The van der Waals surface area contributed by atoms with E-state index < -0.39 is 12.1 Å². The Morgan fingerprint density at radius 1 is 1.16 bits per heavy atom. The molecule has 1 fully saturated rings. The third-order valence-corrected chi connectivity index (χ3v) is 5.38. The lowest BCUT2D eigenvalue weighted by Gasteiger charge is -2.20. The van der Waals surface area contributed by atoms with Gasteiger partial charge in [-0.15, -0.1) is 0 Å². The van der Waals surface area contributed by atoms with Gasteiger partial charge in [0.2, 0.25) is 0 Å². The molecule has 1 aliphatic rings. The summed E-state index contributed by atoms with van der Waals surface area (Å²) >= 11 is 0. The van der Waals surface area contributed by atoms with Crippen LogP contribution in [0.4, 0.5) is 0 Å². The van der Waals surface area contributed by atoms with Crippen LogP contribution in [0.5, 0.6) is 0 Å². The zero-order valence-corrected chi connectivity index (χ0v) is 16.8. The van der Waals surface area contributed by atoms with E-state index in [0.717, 1.165) is 5.56 Å². The molecule has 1 aliphatic heterocycles. The maximum absolute atomic E-state index is 13.1. The number of carbonyl (C=O) groups is 1. The topological polar surface area (TPSA) is 103 Å². The van der Waals surface area contributed by atoms with Crippen LogP contribution < -0.4 is 10.9 Å². The number of imidazole rings is 1. The normalized spacial score (nSPS) is 18.4. The Morgan fingerprint density at radius 3 is 2.90 bits per heavy atom. The van der Waals surface area contributed by atoms with Crippen molar-refractivity contribution < 1.29 is 9.53 Å². The number of fused-ring (bicyclic) bond motifs is 1. The predicted octanol–water partition coefficient (Wildman–Crippen LogP) is 1.63. The van der Waals surface area contributed by atoms with Gasteiger partial charge in [-0.1, -0.05) is 6.07 Å². The van der Waals surface area contributed by atoms with Crippen molar-refractivity contribution in [1.29, 1.82) is 0 Å². The lowest BCUT2D eigenvalue weighted by molar-refractivity contribution is 0.0918. The Kier molecular flexibility index (Phi) is 4.79. The van der Waals surface area contributed by atoms with E-state index in [2.05, 4.69) is 20.4 Å². The maximum atomic E-state index is 13.1. The van der Waals surface area contributed by atoms with Gasteiger partial charge in [0.05, 0.1) is 30.6 Å². The molecule has 156 valence electrons. The Balaban J connectivity index is 1.45. The van der Waals surface area contributed by atoms with Crippen LogP contribution in [0, 0.1) is 6.92 Å². The van der Waals surface area contributed by atoms with Crippen LogP contribution in [0.15, 0.2) is 65.8 Å². The number of hydrogen-bond donors (Lipinski definition) is 1. The number of pyridine rings is 2. The lowest BCUT2D eigenvalue weighted by Crippen LogP contribution is -2.44. The van der Waals surface area contributed by atoms with E-state index in [9.17, 15) is 9.59 Å². The van der Waals surface area contributed by atoms with Gasteiger partial charge in [0.15, 0.2) is 0 Å². The zero-order valence-electron chi connectivity index (χ0n) is 16.8. The van der Waals surface area contributed by atoms with E-state index in [1.54, 1.807) is 36.0 Å². The SMILES string of the molecule is Cc1nc2ccccn2c1C(=O)NC1COCC1n1nc(-c2cccnc2)ccc1=O. The quantitative estimate of drug-likeness (QED) is 0.542. The van der Waals surface area contributed by atoms with Gasteiger partial charge in [-0.25, -0.2) is 9.67 Å². The van der Waals surface area contributed by atoms with Crippen LogP contribution in [-0.2, 0) is 4.74 Å². The van der Waals surface area contributed by atoms with Gasteiger partial charge in [0.1, 0.15) is 17.4 Å². The highest BCUT2D eigenvalue weighted by Gasteiger charge is 2.34. The fraction of sp³-hybridized carbons (Fsp3) is 0.227. The van der Waals surface area contributed by atoms with Gasteiger partial charge in [0.25, 0.3) is 11.5 Å². The fourth-order valence-corrected chi connectivity index (χ4v) is 3.88. The molecule has 0 saturated carbocycles. The van der Waals surface area contributed by atoms with E-state index in [-0.39, 0.29) is 24.7 Å². The van der Waals surface area contributed by atoms with Crippen LogP contribution in [0.3, 0.4) is 0 Å². The van der Waals surface area contributed by atoms with Crippen molar-refractivity contribution in [2.75, 3.05) is 13.2 Å². The molecule has 1 saturated heterocycles. The Labute approximate surface area is 177 Å². The number of hydrogen-bond acceptors (Lipinski definition) is 6. The van der Waals surface area contributed by atoms with E-state index in [0.29, 0.717) is 22.7 Å². The minimum absolute atomic E-state index is 0.256. The smallest absolute Gasteiger partial charge is 0.270 e. The fourth-order valence-electron chi connectivity index (χ4n) is 3.88. The van der Waals surface area contributed by atoms with Crippen molar-refractivity contribution in [1.82, 2.24) is 29.5 Å². The van der Waals surface area contributed by atoms with E-state index in [4.69, 9.17) is 4.74 Å². The highest BCUT2D eigenvalue weighted by Crippen LogP contribution is 2.21. The third-order valence-electron chi connectivity index (χ3n) is 5.38.